The van der Waals surface area contributed by atoms with E-state index in [2.05, 4.69) is 10.0 Å². The van der Waals surface area contributed by atoms with Gasteiger partial charge in [0.15, 0.2) is 6.04 Å². The Labute approximate surface area is 154 Å². The first-order valence-electron chi connectivity index (χ1n) is 7.48. The number of carboxylic acid groups (broad SMARTS) is 1. The highest BCUT2D eigenvalue weighted by atomic mass is 32.2. The topological polar surface area (TPSA) is 122 Å². The van der Waals surface area contributed by atoms with Crippen LogP contribution < -0.4 is 10.0 Å². The highest BCUT2D eigenvalue weighted by Gasteiger charge is 2.22. The molecule has 0 saturated heterocycles. The highest BCUT2D eigenvalue weighted by molar-refractivity contribution is 7.89. The molecule has 0 radical (unpaired) electrons. The Morgan fingerprint density at radius 2 is 2.04 bits per heavy atom. The highest BCUT2D eigenvalue weighted by Crippen LogP contribution is 2.14. The Kier molecular flexibility index (Phi) is 6.86. The number of thiophene rings is 1. The molecule has 8 nitrogen and oxygen atoms in total. The maximum absolute atomic E-state index is 12.4. The molecule has 1 heterocycles. The average molecular weight is 398 g/mol. The van der Waals surface area contributed by atoms with Crippen molar-refractivity contribution in [1.29, 1.82) is 0 Å². The lowest BCUT2D eigenvalue weighted by Crippen LogP contribution is -2.43. The lowest BCUT2D eigenvalue weighted by atomic mass is 10.2. The van der Waals surface area contributed by atoms with Crippen LogP contribution in [0.1, 0.15) is 15.2 Å². The second-order valence-electron chi connectivity index (χ2n) is 5.25. The average Bonchev–Trinajstić information content (AvgIpc) is 3.13. The minimum Gasteiger partial charge on any atom is -0.480 e. The van der Waals surface area contributed by atoms with Gasteiger partial charge in [0.25, 0.3) is 5.91 Å². The van der Waals surface area contributed by atoms with Crippen LogP contribution in [0.2, 0.25) is 0 Å². The molecule has 0 aliphatic carbocycles. The molecule has 1 aromatic carbocycles. The van der Waals surface area contributed by atoms with Crippen LogP contribution in [-0.4, -0.2) is 45.2 Å². The molecule has 1 atom stereocenters. The predicted octanol–water partition coefficient (Wildman–Crippen LogP) is 1.06. The Morgan fingerprint density at radius 3 is 2.65 bits per heavy atom. The van der Waals surface area contributed by atoms with E-state index in [0.29, 0.717) is 0 Å². The van der Waals surface area contributed by atoms with E-state index in [9.17, 15) is 18.0 Å². The van der Waals surface area contributed by atoms with Gasteiger partial charge in [-0.15, -0.1) is 11.3 Å². The molecule has 0 saturated carbocycles. The van der Waals surface area contributed by atoms with Gasteiger partial charge in [-0.1, -0.05) is 12.1 Å². The third-order valence-electron chi connectivity index (χ3n) is 3.36. The molecule has 10 heteroatoms. The third kappa shape index (κ3) is 5.36. The molecule has 1 amide bonds. The molecule has 3 N–H and O–H groups in total. The van der Waals surface area contributed by atoms with Gasteiger partial charge in [0.1, 0.15) is 0 Å². The zero-order valence-electron chi connectivity index (χ0n) is 13.8. The molecule has 140 valence electrons. The van der Waals surface area contributed by atoms with Crippen molar-refractivity contribution in [2.45, 2.75) is 17.5 Å². The Morgan fingerprint density at radius 1 is 1.27 bits per heavy atom. The van der Waals surface area contributed by atoms with Crippen molar-refractivity contribution in [1.82, 2.24) is 10.0 Å². The number of methoxy groups -OCH3 is 1. The maximum atomic E-state index is 12.4. The van der Waals surface area contributed by atoms with E-state index in [4.69, 9.17) is 9.84 Å². The SMILES string of the molecule is COCC(NC(=O)c1cccc(S(=O)(=O)NCc2cccs2)c1)C(=O)O. The van der Waals surface area contributed by atoms with Crippen LogP contribution in [0.4, 0.5) is 0 Å². The number of amides is 1. The van der Waals surface area contributed by atoms with Crippen molar-refractivity contribution in [3.05, 3.63) is 52.2 Å². The summed E-state index contributed by atoms with van der Waals surface area (Å²) in [5.74, 6) is -1.95. The number of ether oxygens (including phenoxy) is 1. The molecule has 1 aromatic heterocycles. The van der Waals surface area contributed by atoms with Crippen molar-refractivity contribution in [3.63, 3.8) is 0 Å². The zero-order chi connectivity index (χ0) is 19.2. The number of carboxylic acids is 1. The van der Waals surface area contributed by atoms with Crippen molar-refractivity contribution >= 4 is 33.2 Å². The molecular weight excluding hydrogens is 380 g/mol. The fraction of sp³-hybridized carbons (Fsp3) is 0.250. The minimum atomic E-state index is -3.81. The predicted molar refractivity (Wildman–Crippen MR) is 95.6 cm³/mol. The Hall–Kier alpha value is -2.27. The first-order valence-corrected chi connectivity index (χ1v) is 9.84. The van der Waals surface area contributed by atoms with Crippen LogP contribution in [0.3, 0.4) is 0 Å². The van der Waals surface area contributed by atoms with E-state index in [-0.39, 0.29) is 23.6 Å². The molecule has 1 unspecified atom stereocenters. The molecule has 2 aromatic rings. The van der Waals surface area contributed by atoms with Crippen LogP contribution in [0.15, 0.2) is 46.7 Å². The number of aliphatic carboxylic acids is 1. The Bertz CT molecular complexity index is 865. The van der Waals surface area contributed by atoms with Crippen molar-refractivity contribution < 1.29 is 27.9 Å². The quantitative estimate of drug-likeness (QED) is 0.581. The third-order valence-corrected chi connectivity index (χ3v) is 5.64. The normalized spacial score (nSPS) is 12.5. The number of carbonyl (C=O) groups is 2. The zero-order valence-corrected chi connectivity index (χ0v) is 15.5. The molecule has 0 bridgehead atoms. The maximum Gasteiger partial charge on any atom is 0.328 e. The van der Waals surface area contributed by atoms with Gasteiger partial charge in [-0.2, -0.15) is 0 Å². The number of hydrogen-bond acceptors (Lipinski definition) is 6. The minimum absolute atomic E-state index is 0.0337. The number of hydrogen-bond donors (Lipinski definition) is 3. The number of rotatable bonds is 9. The monoisotopic (exact) mass is 398 g/mol. The number of carbonyl (C=O) groups excluding carboxylic acids is 1. The summed E-state index contributed by atoms with van der Waals surface area (Å²) in [6, 6.07) is 7.76. The van der Waals surface area contributed by atoms with Gasteiger partial charge in [0, 0.05) is 24.1 Å². The summed E-state index contributed by atoms with van der Waals surface area (Å²) in [6.45, 7) is -0.0627. The first kappa shape index (κ1) is 20.0. The first-order chi connectivity index (χ1) is 12.3. The largest absolute Gasteiger partial charge is 0.480 e. The van der Waals surface area contributed by atoms with Crippen LogP contribution in [0.5, 0.6) is 0 Å². The fourth-order valence-corrected chi connectivity index (χ4v) is 3.84. The van der Waals surface area contributed by atoms with Gasteiger partial charge in [-0.25, -0.2) is 17.9 Å². The summed E-state index contributed by atoms with van der Waals surface area (Å²) in [4.78, 5) is 24.1. The standard InChI is InChI=1S/C16H18N2O6S2/c1-24-10-14(16(20)21)18-15(19)11-4-2-6-13(8-11)26(22,23)17-9-12-5-3-7-25-12/h2-8,14,17H,9-10H2,1H3,(H,18,19)(H,20,21). The lowest BCUT2D eigenvalue weighted by Gasteiger charge is -2.14. The van der Waals surface area contributed by atoms with Crippen molar-refractivity contribution in [2.24, 2.45) is 0 Å². The number of nitrogens with one attached hydrogen (secondary N) is 2. The fourth-order valence-electron chi connectivity index (χ4n) is 2.05. The van der Waals surface area contributed by atoms with Crippen LogP contribution in [0.25, 0.3) is 0 Å². The second-order valence-corrected chi connectivity index (χ2v) is 8.05. The smallest absolute Gasteiger partial charge is 0.328 e. The lowest BCUT2D eigenvalue weighted by molar-refractivity contribution is -0.140. The van der Waals surface area contributed by atoms with E-state index in [1.807, 2.05) is 11.4 Å². The molecule has 0 aliphatic heterocycles. The molecule has 0 fully saturated rings. The van der Waals surface area contributed by atoms with Gasteiger partial charge in [0.2, 0.25) is 10.0 Å². The van der Waals surface area contributed by atoms with Gasteiger partial charge < -0.3 is 15.2 Å². The summed E-state index contributed by atoms with van der Waals surface area (Å²) in [5, 5.41) is 13.2. The summed E-state index contributed by atoms with van der Waals surface area (Å²) in [7, 11) is -2.50. The van der Waals surface area contributed by atoms with Crippen molar-refractivity contribution in [2.75, 3.05) is 13.7 Å². The van der Waals surface area contributed by atoms with Crippen molar-refractivity contribution in [3.8, 4) is 0 Å². The van der Waals surface area contributed by atoms with Gasteiger partial charge in [-0.05, 0) is 29.6 Å². The molecule has 0 spiro atoms. The van der Waals surface area contributed by atoms with Gasteiger partial charge >= 0.3 is 5.97 Å². The van der Waals surface area contributed by atoms with E-state index in [1.165, 1.54) is 42.7 Å². The van der Waals surface area contributed by atoms with Crippen LogP contribution in [-0.2, 0) is 26.1 Å². The molecule has 26 heavy (non-hydrogen) atoms. The summed E-state index contributed by atoms with van der Waals surface area (Å²) in [5.41, 5.74) is 0.0337. The van der Waals surface area contributed by atoms with Gasteiger partial charge in [-0.3, -0.25) is 4.79 Å². The summed E-state index contributed by atoms with van der Waals surface area (Å²) >= 11 is 1.42. The molecule has 2 rings (SSSR count). The van der Waals surface area contributed by atoms with E-state index >= 15 is 0 Å². The van der Waals surface area contributed by atoms with Gasteiger partial charge in [0.05, 0.1) is 11.5 Å². The summed E-state index contributed by atoms with van der Waals surface area (Å²) in [6.07, 6.45) is 0. The van der Waals surface area contributed by atoms with E-state index < -0.39 is 27.9 Å². The van der Waals surface area contributed by atoms with E-state index in [1.54, 1.807) is 6.07 Å². The van der Waals surface area contributed by atoms with Crippen LogP contribution >= 0.6 is 11.3 Å². The number of sulfonamides is 1. The van der Waals surface area contributed by atoms with Crippen LogP contribution in [0, 0.1) is 0 Å². The molecule has 0 aliphatic rings. The number of benzene rings is 1. The second kappa shape index (κ2) is 8.90. The Balaban J connectivity index is 2.13. The van der Waals surface area contributed by atoms with E-state index in [0.717, 1.165) is 4.88 Å². The summed E-state index contributed by atoms with van der Waals surface area (Å²) < 4.78 is 32.0. The molecular formula is C16H18N2O6S2.